The van der Waals surface area contributed by atoms with Crippen LogP contribution in [-0.4, -0.2) is 12.2 Å². The number of rotatable bonds is 4. The van der Waals surface area contributed by atoms with Gasteiger partial charge in [-0.2, -0.15) is 0 Å². The Morgan fingerprint density at radius 3 is 2.72 bits per heavy atom. The van der Waals surface area contributed by atoms with Gasteiger partial charge in [0.2, 0.25) is 0 Å². The zero-order valence-corrected chi connectivity index (χ0v) is 10.6. The quantitative estimate of drug-likeness (QED) is 0.865. The SMILES string of the molecule is COc1ccc(C)cc1NCc1cccc(O)c1. The third-order valence-electron chi connectivity index (χ3n) is 2.75. The van der Waals surface area contributed by atoms with Gasteiger partial charge in [-0.1, -0.05) is 18.2 Å². The van der Waals surface area contributed by atoms with Crippen LogP contribution < -0.4 is 10.1 Å². The maximum absolute atomic E-state index is 9.40. The third-order valence-corrected chi connectivity index (χ3v) is 2.75. The third kappa shape index (κ3) is 2.94. The zero-order chi connectivity index (χ0) is 13.0. The number of anilines is 1. The lowest BCUT2D eigenvalue weighted by atomic mass is 10.2. The van der Waals surface area contributed by atoms with Crippen LogP contribution in [0, 0.1) is 6.92 Å². The average molecular weight is 243 g/mol. The van der Waals surface area contributed by atoms with Crippen LogP contribution in [0.3, 0.4) is 0 Å². The highest BCUT2D eigenvalue weighted by Crippen LogP contribution is 2.25. The zero-order valence-electron chi connectivity index (χ0n) is 10.6. The Labute approximate surface area is 107 Å². The van der Waals surface area contributed by atoms with Gasteiger partial charge in [0.25, 0.3) is 0 Å². The molecule has 2 aromatic rings. The number of aromatic hydroxyl groups is 1. The first kappa shape index (κ1) is 12.3. The summed E-state index contributed by atoms with van der Waals surface area (Å²) in [5.41, 5.74) is 3.16. The molecule has 0 atom stereocenters. The van der Waals surface area contributed by atoms with Crippen molar-refractivity contribution in [2.75, 3.05) is 12.4 Å². The molecule has 3 nitrogen and oxygen atoms in total. The van der Waals surface area contributed by atoms with Gasteiger partial charge in [0.05, 0.1) is 12.8 Å². The Morgan fingerprint density at radius 2 is 2.00 bits per heavy atom. The van der Waals surface area contributed by atoms with Crippen molar-refractivity contribution < 1.29 is 9.84 Å². The molecule has 0 unspecified atom stereocenters. The first-order valence-electron chi connectivity index (χ1n) is 5.85. The molecule has 18 heavy (non-hydrogen) atoms. The maximum Gasteiger partial charge on any atom is 0.141 e. The standard InChI is InChI=1S/C15H17NO2/c1-11-6-7-15(18-2)14(8-11)16-10-12-4-3-5-13(17)9-12/h3-9,16-17H,10H2,1-2H3. The number of methoxy groups -OCH3 is 1. The summed E-state index contributed by atoms with van der Waals surface area (Å²) in [6.45, 7) is 2.69. The first-order valence-corrected chi connectivity index (χ1v) is 5.85. The van der Waals surface area contributed by atoms with Crippen molar-refractivity contribution in [1.29, 1.82) is 0 Å². The number of hydrogen-bond acceptors (Lipinski definition) is 3. The molecule has 0 heterocycles. The van der Waals surface area contributed by atoms with Crippen molar-refractivity contribution in [1.82, 2.24) is 0 Å². The number of aryl methyl sites for hydroxylation is 1. The molecule has 0 fully saturated rings. The van der Waals surface area contributed by atoms with E-state index in [4.69, 9.17) is 4.74 Å². The molecule has 2 rings (SSSR count). The summed E-state index contributed by atoms with van der Waals surface area (Å²) in [6.07, 6.45) is 0. The molecular weight excluding hydrogens is 226 g/mol. The number of phenols is 1. The molecular formula is C15H17NO2. The molecule has 0 saturated heterocycles. The highest BCUT2D eigenvalue weighted by molar-refractivity contribution is 5.58. The van der Waals surface area contributed by atoms with Gasteiger partial charge in [0, 0.05) is 6.54 Å². The van der Waals surface area contributed by atoms with Crippen LogP contribution in [0.15, 0.2) is 42.5 Å². The summed E-state index contributed by atoms with van der Waals surface area (Å²) in [4.78, 5) is 0. The van der Waals surface area contributed by atoms with E-state index in [2.05, 4.69) is 5.32 Å². The van der Waals surface area contributed by atoms with Crippen LogP contribution in [0.25, 0.3) is 0 Å². The second-order valence-corrected chi connectivity index (χ2v) is 4.23. The molecule has 0 aliphatic rings. The fourth-order valence-electron chi connectivity index (χ4n) is 1.82. The van der Waals surface area contributed by atoms with E-state index < -0.39 is 0 Å². The molecule has 0 saturated carbocycles. The average Bonchev–Trinajstić information content (AvgIpc) is 2.37. The highest BCUT2D eigenvalue weighted by Gasteiger charge is 2.03. The molecule has 0 spiro atoms. The normalized spacial score (nSPS) is 10.1. The molecule has 3 heteroatoms. The van der Waals surface area contributed by atoms with Crippen molar-refractivity contribution >= 4 is 5.69 Å². The molecule has 2 N–H and O–H groups in total. The Bertz CT molecular complexity index is 538. The topological polar surface area (TPSA) is 41.5 Å². The Morgan fingerprint density at radius 1 is 1.17 bits per heavy atom. The van der Waals surface area contributed by atoms with Crippen LogP contribution in [0.1, 0.15) is 11.1 Å². The molecule has 0 amide bonds. The summed E-state index contributed by atoms with van der Waals surface area (Å²) in [6, 6.07) is 13.2. The first-order chi connectivity index (χ1) is 8.69. The molecule has 94 valence electrons. The molecule has 0 aliphatic heterocycles. The van der Waals surface area contributed by atoms with E-state index in [-0.39, 0.29) is 5.75 Å². The second kappa shape index (κ2) is 5.45. The monoisotopic (exact) mass is 243 g/mol. The predicted molar refractivity (Wildman–Crippen MR) is 73.2 cm³/mol. The van der Waals surface area contributed by atoms with Gasteiger partial charge in [-0.05, 0) is 42.3 Å². The Balaban J connectivity index is 2.12. The lowest BCUT2D eigenvalue weighted by Gasteiger charge is -2.12. The summed E-state index contributed by atoms with van der Waals surface area (Å²) < 4.78 is 5.30. The number of phenolic OH excluding ortho intramolecular Hbond substituents is 1. The molecule has 2 aromatic carbocycles. The van der Waals surface area contributed by atoms with Gasteiger partial charge in [-0.3, -0.25) is 0 Å². The summed E-state index contributed by atoms with van der Waals surface area (Å²) >= 11 is 0. The van der Waals surface area contributed by atoms with Crippen LogP contribution in [-0.2, 0) is 6.54 Å². The fourth-order valence-corrected chi connectivity index (χ4v) is 1.82. The van der Waals surface area contributed by atoms with Gasteiger partial charge < -0.3 is 15.2 Å². The van der Waals surface area contributed by atoms with Gasteiger partial charge in [0.15, 0.2) is 0 Å². The second-order valence-electron chi connectivity index (χ2n) is 4.23. The number of hydrogen-bond donors (Lipinski definition) is 2. The number of benzene rings is 2. The van der Waals surface area contributed by atoms with E-state index in [1.54, 1.807) is 19.2 Å². The number of nitrogens with one attached hydrogen (secondary N) is 1. The fraction of sp³-hybridized carbons (Fsp3) is 0.200. The summed E-state index contributed by atoms with van der Waals surface area (Å²) in [5, 5.41) is 12.7. The number of ether oxygens (including phenoxy) is 1. The minimum absolute atomic E-state index is 0.283. The Hall–Kier alpha value is -2.16. The predicted octanol–water partition coefficient (Wildman–Crippen LogP) is 3.32. The molecule has 0 radical (unpaired) electrons. The van der Waals surface area contributed by atoms with Gasteiger partial charge in [0.1, 0.15) is 11.5 Å². The van der Waals surface area contributed by atoms with Gasteiger partial charge in [-0.15, -0.1) is 0 Å². The van der Waals surface area contributed by atoms with Crippen LogP contribution >= 0.6 is 0 Å². The molecule has 0 aliphatic carbocycles. The van der Waals surface area contributed by atoms with Crippen molar-refractivity contribution in [2.45, 2.75) is 13.5 Å². The van der Waals surface area contributed by atoms with E-state index in [1.807, 2.05) is 37.3 Å². The molecule has 0 aromatic heterocycles. The smallest absolute Gasteiger partial charge is 0.141 e. The minimum atomic E-state index is 0.283. The van der Waals surface area contributed by atoms with E-state index in [1.165, 1.54) is 5.56 Å². The van der Waals surface area contributed by atoms with E-state index >= 15 is 0 Å². The van der Waals surface area contributed by atoms with E-state index in [0.717, 1.165) is 17.0 Å². The minimum Gasteiger partial charge on any atom is -0.508 e. The van der Waals surface area contributed by atoms with Crippen molar-refractivity contribution in [3.8, 4) is 11.5 Å². The van der Waals surface area contributed by atoms with Crippen molar-refractivity contribution in [3.63, 3.8) is 0 Å². The van der Waals surface area contributed by atoms with Crippen molar-refractivity contribution in [2.24, 2.45) is 0 Å². The van der Waals surface area contributed by atoms with Crippen LogP contribution in [0.4, 0.5) is 5.69 Å². The highest BCUT2D eigenvalue weighted by atomic mass is 16.5. The largest absolute Gasteiger partial charge is 0.508 e. The Kier molecular flexibility index (Phi) is 3.72. The van der Waals surface area contributed by atoms with Gasteiger partial charge in [-0.25, -0.2) is 0 Å². The summed E-state index contributed by atoms with van der Waals surface area (Å²) in [5.74, 6) is 1.10. The van der Waals surface area contributed by atoms with E-state index in [0.29, 0.717) is 6.54 Å². The van der Waals surface area contributed by atoms with Gasteiger partial charge >= 0.3 is 0 Å². The van der Waals surface area contributed by atoms with Crippen LogP contribution in [0.5, 0.6) is 11.5 Å². The molecule has 0 bridgehead atoms. The maximum atomic E-state index is 9.40. The lowest BCUT2D eigenvalue weighted by molar-refractivity contribution is 0.416. The van der Waals surface area contributed by atoms with Crippen LogP contribution in [0.2, 0.25) is 0 Å². The van der Waals surface area contributed by atoms with Crippen molar-refractivity contribution in [3.05, 3.63) is 53.6 Å². The lowest BCUT2D eigenvalue weighted by Crippen LogP contribution is -2.01. The van der Waals surface area contributed by atoms with E-state index in [9.17, 15) is 5.11 Å². The summed E-state index contributed by atoms with van der Waals surface area (Å²) in [7, 11) is 1.66.